The fourth-order valence-corrected chi connectivity index (χ4v) is 5.34. The summed E-state index contributed by atoms with van der Waals surface area (Å²) in [5.41, 5.74) is -9.10. The second-order valence-electron chi connectivity index (χ2n) is 19.0. The van der Waals surface area contributed by atoms with Gasteiger partial charge in [0.25, 0.3) is 0 Å². The van der Waals surface area contributed by atoms with E-state index in [1.807, 2.05) is 0 Å². The summed E-state index contributed by atoms with van der Waals surface area (Å²) in [6.45, 7) is 19.8. The summed E-state index contributed by atoms with van der Waals surface area (Å²) in [5, 5.41) is 46.1. The molecule has 0 amide bonds. The Morgan fingerprint density at radius 1 is 0.362 bits per heavy atom. The molecule has 0 aromatic carbocycles. The van der Waals surface area contributed by atoms with Crippen molar-refractivity contribution in [3.63, 3.8) is 0 Å². The first-order valence-corrected chi connectivity index (χ1v) is 22.6. The van der Waals surface area contributed by atoms with Gasteiger partial charge >= 0.3 is 21.7 Å². The van der Waals surface area contributed by atoms with Crippen LogP contribution in [0.1, 0.15) is 148 Å². The van der Waals surface area contributed by atoms with E-state index in [4.69, 9.17) is 18.9 Å². The molecule has 0 saturated carbocycles. The van der Waals surface area contributed by atoms with Crippen LogP contribution in [0.3, 0.4) is 0 Å². The summed E-state index contributed by atoms with van der Waals surface area (Å²) in [7, 11) is 0. The Labute approximate surface area is 419 Å². The maximum atomic E-state index is 12.3. The van der Waals surface area contributed by atoms with Gasteiger partial charge < -0.3 is 58.6 Å². The molecule has 0 spiro atoms. The molecule has 0 aliphatic heterocycles. The second kappa shape index (κ2) is 31.2. The number of carboxylic acids is 4. The van der Waals surface area contributed by atoms with Gasteiger partial charge in [-0.2, -0.15) is 0 Å². The average Bonchev–Trinajstić information content (AvgIpc) is 3.23. The van der Waals surface area contributed by atoms with Gasteiger partial charge in [0.2, 0.25) is 0 Å². The van der Waals surface area contributed by atoms with Crippen LogP contribution in [0.15, 0.2) is 0 Å². The summed E-state index contributed by atoms with van der Waals surface area (Å²) in [6.07, 6.45) is -1.02. The molecule has 388 valence electrons. The van der Waals surface area contributed by atoms with Gasteiger partial charge in [-0.3, -0.25) is 38.4 Å². The summed E-state index contributed by atoms with van der Waals surface area (Å²) >= 11 is 0. The number of carbonyl (C=O) groups excluding carboxylic acids is 12. The van der Waals surface area contributed by atoms with Crippen LogP contribution in [0, 0.1) is 35.5 Å². The number of rotatable bonds is 36. The van der Waals surface area contributed by atoms with Gasteiger partial charge in [-0.15, -0.1) is 0 Å². The van der Waals surface area contributed by atoms with Crippen LogP contribution in [0.5, 0.6) is 0 Å². The third kappa shape index (κ3) is 22.6. The minimum absolute atomic E-state index is 0. The van der Waals surface area contributed by atoms with Crippen LogP contribution in [-0.2, 0) is 98.2 Å². The van der Waals surface area contributed by atoms with Crippen molar-refractivity contribution in [3.8, 4) is 0 Å². The molecule has 0 radical (unpaired) electrons. The van der Waals surface area contributed by atoms with Gasteiger partial charge in [-0.1, -0.05) is 69.2 Å². The average molecular weight is 1020 g/mol. The molecular weight excluding hydrogens is 944 g/mol. The van der Waals surface area contributed by atoms with Crippen molar-refractivity contribution in [2.24, 2.45) is 35.5 Å². The molecule has 0 N–H and O–H groups in total. The molecule has 0 rings (SSSR count). The van der Waals surface area contributed by atoms with Crippen molar-refractivity contribution in [2.75, 3.05) is 26.4 Å². The SMILES string of the molecule is CC(CCCOC(C)(C(=O)[O-])C(=O)CC(=O)C(C)C)COC(C)(C(=O)[O-])C(=O)CC(=O)C(C)C.CC(CCCOC(C)(C(=O)[O-])C(=O)CC(=O)C(C)C)COC(C)(C(=O)[O-])C(=O)CC(=O)C(C)C.[Ti+4]. The molecule has 0 fully saturated rings. The first-order chi connectivity index (χ1) is 31.0. The van der Waals surface area contributed by atoms with Gasteiger partial charge in [-0.25, -0.2) is 0 Å². The number of carbonyl (C=O) groups is 12. The first-order valence-electron chi connectivity index (χ1n) is 22.6. The van der Waals surface area contributed by atoms with Crippen LogP contribution in [-0.4, -0.2) is 119 Å². The largest absolute Gasteiger partial charge is 4.00 e. The van der Waals surface area contributed by atoms with Gasteiger partial charge in [-0.05, 0) is 65.2 Å². The van der Waals surface area contributed by atoms with Crippen LogP contribution in [0.2, 0.25) is 0 Å². The third-order valence-electron chi connectivity index (χ3n) is 11.4. The Kier molecular flexibility index (Phi) is 31.2. The quantitative estimate of drug-likeness (QED) is 0.0439. The Bertz CT molecular complexity index is 1710. The van der Waals surface area contributed by atoms with Crippen LogP contribution < -0.4 is 20.4 Å². The summed E-state index contributed by atoms with van der Waals surface area (Å²) in [6, 6.07) is 0. The fourth-order valence-electron chi connectivity index (χ4n) is 5.34. The van der Waals surface area contributed by atoms with E-state index in [0.29, 0.717) is 12.8 Å². The third-order valence-corrected chi connectivity index (χ3v) is 11.4. The van der Waals surface area contributed by atoms with E-state index in [1.54, 1.807) is 69.2 Å². The monoisotopic (exact) mass is 1020 g/mol. The minimum Gasteiger partial charge on any atom is -0.547 e. The molecule has 0 aromatic rings. The zero-order valence-electron chi connectivity index (χ0n) is 42.6. The number of hydrogen-bond acceptors (Lipinski definition) is 20. The zero-order chi connectivity index (χ0) is 53.7. The number of aliphatic carboxylic acids is 4. The summed E-state index contributed by atoms with van der Waals surface area (Å²) < 4.78 is 21.2. The molecule has 0 aromatic heterocycles. The van der Waals surface area contributed by atoms with Crippen molar-refractivity contribution in [2.45, 2.75) is 171 Å². The predicted molar refractivity (Wildman–Crippen MR) is 232 cm³/mol. The standard InChI is InChI=1S/2C24H38O10.Ti/c2*1-14(2)17(25)11-19(27)23(6,21(29)30)33-10-8-9-16(5)13-34-24(7,22(31)32)20(28)12-18(26)15(3)4;/h2*14-16H,8-13H2,1-7H3,(H,29,30)(H,31,32);/q;;+4/p-4. The summed E-state index contributed by atoms with van der Waals surface area (Å²) in [5.74, 6) is -14.5. The number of Topliss-reactive ketones (excluding diaryl/α,β-unsaturated/α-hetero) is 8. The predicted octanol–water partition coefficient (Wildman–Crippen LogP) is -0.359. The Morgan fingerprint density at radius 3 is 0.725 bits per heavy atom. The molecule has 6 atom stereocenters. The van der Waals surface area contributed by atoms with E-state index in [2.05, 4.69) is 0 Å². The molecule has 0 saturated heterocycles. The van der Waals surface area contributed by atoms with Crippen LogP contribution in [0.4, 0.5) is 0 Å². The van der Waals surface area contributed by atoms with E-state index in [9.17, 15) is 78.0 Å². The normalized spacial score (nSPS) is 15.7. The van der Waals surface area contributed by atoms with Crippen LogP contribution in [0.25, 0.3) is 0 Å². The fraction of sp³-hybridized carbons (Fsp3) is 0.750. The zero-order valence-corrected chi connectivity index (χ0v) is 44.2. The molecule has 6 unspecified atom stereocenters. The van der Waals surface area contributed by atoms with Crippen molar-refractivity contribution in [3.05, 3.63) is 0 Å². The van der Waals surface area contributed by atoms with E-state index in [0.717, 1.165) is 27.7 Å². The molecule has 0 heterocycles. The Hall–Kier alpha value is -4.21. The van der Waals surface area contributed by atoms with Gasteiger partial charge in [0.05, 0.1) is 62.8 Å². The van der Waals surface area contributed by atoms with Crippen molar-refractivity contribution in [1.82, 2.24) is 0 Å². The van der Waals surface area contributed by atoms with Gasteiger partial charge in [0.1, 0.15) is 23.1 Å². The van der Waals surface area contributed by atoms with E-state index >= 15 is 0 Å². The molecule has 0 aliphatic carbocycles. The molecule has 0 aliphatic rings. The molecule has 69 heavy (non-hydrogen) atoms. The number of ether oxygens (including phenoxy) is 4. The van der Waals surface area contributed by atoms with Gasteiger partial charge in [0, 0.05) is 36.9 Å². The van der Waals surface area contributed by atoms with E-state index < -0.39 is 142 Å². The second-order valence-corrected chi connectivity index (χ2v) is 19.0. The van der Waals surface area contributed by atoms with E-state index in [-0.39, 0.29) is 72.8 Å². The molecule has 21 heteroatoms. The first kappa shape index (κ1) is 69.1. The molecule has 20 nitrogen and oxygen atoms in total. The van der Waals surface area contributed by atoms with Crippen molar-refractivity contribution < 1.29 is 119 Å². The summed E-state index contributed by atoms with van der Waals surface area (Å²) in [4.78, 5) is 143. The smallest absolute Gasteiger partial charge is 0.547 e. The number of ketones is 8. The van der Waals surface area contributed by atoms with Crippen molar-refractivity contribution in [1.29, 1.82) is 0 Å². The molecular formula is C48H72O20Ti. The van der Waals surface area contributed by atoms with Crippen LogP contribution >= 0.6 is 0 Å². The maximum Gasteiger partial charge on any atom is 4.00 e. The topological polar surface area (TPSA) is 334 Å². The minimum atomic E-state index is -2.28. The van der Waals surface area contributed by atoms with Gasteiger partial charge in [0.15, 0.2) is 45.5 Å². The van der Waals surface area contributed by atoms with Crippen molar-refractivity contribution >= 4 is 70.1 Å². The Morgan fingerprint density at radius 2 is 0.551 bits per heavy atom. The van der Waals surface area contributed by atoms with E-state index in [1.165, 1.54) is 0 Å². The number of carboxylic acid groups (broad SMARTS) is 4. The number of hydrogen-bond donors (Lipinski definition) is 0. The molecule has 0 bridgehead atoms. The maximum absolute atomic E-state index is 12.3. The Balaban J connectivity index is -0.00000124.